The Bertz CT molecular complexity index is 547. The lowest BCUT2D eigenvalue weighted by molar-refractivity contribution is 0.0592. The number of nitrogens with zero attached hydrogens (tertiary/aromatic N) is 4. The van der Waals surface area contributed by atoms with Crippen molar-refractivity contribution in [1.82, 2.24) is 19.5 Å². The van der Waals surface area contributed by atoms with Gasteiger partial charge in [-0.2, -0.15) is 9.97 Å². The van der Waals surface area contributed by atoms with Crippen molar-refractivity contribution in [3.63, 3.8) is 0 Å². The average Bonchev–Trinajstić information content (AvgIpc) is 2.96. The van der Waals surface area contributed by atoms with Gasteiger partial charge in [0, 0.05) is 6.61 Å². The fourth-order valence-corrected chi connectivity index (χ4v) is 2.00. The van der Waals surface area contributed by atoms with Crippen LogP contribution >= 0.6 is 0 Å². The van der Waals surface area contributed by atoms with E-state index < -0.39 is 0 Å². The van der Waals surface area contributed by atoms with E-state index in [1.54, 1.807) is 6.33 Å². The SMILES string of the molecule is COc1nc(N)c2ncn([C@H]3CCCO3)c2n1. The molecule has 0 amide bonds. The van der Waals surface area contributed by atoms with E-state index in [1.807, 2.05) is 4.57 Å². The highest BCUT2D eigenvalue weighted by Crippen LogP contribution is 2.28. The van der Waals surface area contributed by atoms with Crippen LogP contribution in [0.5, 0.6) is 6.01 Å². The van der Waals surface area contributed by atoms with Gasteiger partial charge in [-0.3, -0.25) is 4.57 Å². The highest BCUT2D eigenvalue weighted by atomic mass is 16.5. The van der Waals surface area contributed by atoms with Crippen LogP contribution in [-0.2, 0) is 4.74 Å². The van der Waals surface area contributed by atoms with Crippen molar-refractivity contribution in [2.24, 2.45) is 0 Å². The number of methoxy groups -OCH3 is 1. The number of aromatic nitrogens is 4. The lowest BCUT2D eigenvalue weighted by Crippen LogP contribution is -2.07. The molecule has 3 rings (SSSR count). The van der Waals surface area contributed by atoms with Gasteiger partial charge < -0.3 is 15.2 Å². The summed E-state index contributed by atoms with van der Waals surface area (Å²) < 4.78 is 12.5. The molecule has 7 nitrogen and oxygen atoms in total. The Labute approximate surface area is 97.6 Å². The smallest absolute Gasteiger partial charge is 0.320 e. The maximum atomic E-state index is 5.80. The van der Waals surface area contributed by atoms with Crippen molar-refractivity contribution < 1.29 is 9.47 Å². The molecule has 1 aliphatic rings. The van der Waals surface area contributed by atoms with Gasteiger partial charge in [0.2, 0.25) is 0 Å². The first-order valence-corrected chi connectivity index (χ1v) is 5.45. The lowest BCUT2D eigenvalue weighted by atomic mass is 10.3. The molecule has 1 aliphatic heterocycles. The van der Waals surface area contributed by atoms with E-state index >= 15 is 0 Å². The molecule has 90 valence electrons. The van der Waals surface area contributed by atoms with Crippen LogP contribution in [0.25, 0.3) is 11.2 Å². The van der Waals surface area contributed by atoms with E-state index in [4.69, 9.17) is 15.2 Å². The maximum absolute atomic E-state index is 5.80. The quantitative estimate of drug-likeness (QED) is 0.825. The third-order valence-corrected chi connectivity index (χ3v) is 2.83. The molecular formula is C10H13N5O2. The van der Waals surface area contributed by atoms with Gasteiger partial charge in [0.1, 0.15) is 6.23 Å². The summed E-state index contributed by atoms with van der Waals surface area (Å²) in [5.41, 5.74) is 7.04. The van der Waals surface area contributed by atoms with Gasteiger partial charge >= 0.3 is 6.01 Å². The minimum absolute atomic E-state index is 0.0148. The van der Waals surface area contributed by atoms with E-state index in [-0.39, 0.29) is 12.2 Å². The molecule has 2 aromatic rings. The molecule has 3 heterocycles. The van der Waals surface area contributed by atoms with E-state index in [0.717, 1.165) is 19.4 Å². The molecule has 17 heavy (non-hydrogen) atoms. The molecule has 0 unspecified atom stereocenters. The second kappa shape index (κ2) is 3.85. The Morgan fingerprint density at radius 2 is 2.41 bits per heavy atom. The molecule has 0 radical (unpaired) electrons. The molecule has 1 saturated heterocycles. The van der Waals surface area contributed by atoms with Crippen LogP contribution in [0.2, 0.25) is 0 Å². The minimum Gasteiger partial charge on any atom is -0.467 e. The second-order valence-electron chi connectivity index (χ2n) is 3.89. The molecule has 0 aliphatic carbocycles. The van der Waals surface area contributed by atoms with Gasteiger partial charge in [0.05, 0.1) is 13.4 Å². The highest BCUT2D eigenvalue weighted by Gasteiger charge is 2.21. The van der Waals surface area contributed by atoms with Crippen LogP contribution in [0, 0.1) is 0 Å². The van der Waals surface area contributed by atoms with Crippen molar-refractivity contribution in [3.05, 3.63) is 6.33 Å². The predicted molar refractivity (Wildman–Crippen MR) is 60.5 cm³/mol. The lowest BCUT2D eigenvalue weighted by Gasteiger charge is -2.11. The highest BCUT2D eigenvalue weighted by molar-refractivity contribution is 5.81. The molecule has 0 saturated carbocycles. The Hall–Kier alpha value is -1.89. The van der Waals surface area contributed by atoms with Crippen LogP contribution in [0.15, 0.2) is 6.33 Å². The van der Waals surface area contributed by atoms with Gasteiger partial charge in [0.15, 0.2) is 17.0 Å². The fourth-order valence-electron chi connectivity index (χ4n) is 2.00. The molecular weight excluding hydrogens is 222 g/mol. The predicted octanol–water partition coefficient (Wildman–Crippen LogP) is 0.726. The molecule has 1 fully saturated rings. The average molecular weight is 235 g/mol. The Morgan fingerprint density at radius 3 is 3.12 bits per heavy atom. The summed E-state index contributed by atoms with van der Waals surface area (Å²) in [6.07, 6.45) is 3.67. The second-order valence-corrected chi connectivity index (χ2v) is 3.89. The molecule has 2 N–H and O–H groups in total. The van der Waals surface area contributed by atoms with Crippen LogP contribution in [0.3, 0.4) is 0 Å². The molecule has 2 aromatic heterocycles. The number of nitrogen functional groups attached to an aromatic ring is 1. The van der Waals surface area contributed by atoms with E-state index in [2.05, 4.69) is 15.0 Å². The number of imidazole rings is 1. The molecule has 7 heteroatoms. The molecule has 0 aromatic carbocycles. The summed E-state index contributed by atoms with van der Waals surface area (Å²) in [6.45, 7) is 0.766. The van der Waals surface area contributed by atoms with Crippen molar-refractivity contribution >= 4 is 17.0 Å². The number of hydrogen-bond acceptors (Lipinski definition) is 6. The summed E-state index contributed by atoms with van der Waals surface area (Å²) in [5, 5.41) is 0. The van der Waals surface area contributed by atoms with Gasteiger partial charge in [0.25, 0.3) is 0 Å². The van der Waals surface area contributed by atoms with Crippen molar-refractivity contribution in [3.8, 4) is 6.01 Å². The third-order valence-electron chi connectivity index (χ3n) is 2.83. The Morgan fingerprint density at radius 1 is 1.53 bits per heavy atom. The molecule has 1 atom stereocenters. The van der Waals surface area contributed by atoms with Gasteiger partial charge in [-0.15, -0.1) is 0 Å². The van der Waals surface area contributed by atoms with E-state index in [0.29, 0.717) is 17.0 Å². The van der Waals surface area contributed by atoms with Crippen LogP contribution < -0.4 is 10.5 Å². The largest absolute Gasteiger partial charge is 0.467 e. The summed E-state index contributed by atoms with van der Waals surface area (Å²) in [4.78, 5) is 12.5. The first-order chi connectivity index (χ1) is 8.29. The number of hydrogen-bond donors (Lipinski definition) is 1. The molecule has 0 bridgehead atoms. The molecule has 0 spiro atoms. The van der Waals surface area contributed by atoms with Gasteiger partial charge in [-0.25, -0.2) is 4.98 Å². The first-order valence-electron chi connectivity index (χ1n) is 5.45. The van der Waals surface area contributed by atoms with Crippen molar-refractivity contribution in [1.29, 1.82) is 0 Å². The van der Waals surface area contributed by atoms with Crippen molar-refractivity contribution in [2.45, 2.75) is 19.1 Å². The van der Waals surface area contributed by atoms with Gasteiger partial charge in [-0.1, -0.05) is 0 Å². The summed E-state index contributed by atoms with van der Waals surface area (Å²) in [6, 6.07) is 0.245. The number of anilines is 1. The fraction of sp³-hybridized carbons (Fsp3) is 0.500. The normalized spacial score (nSPS) is 19.9. The van der Waals surface area contributed by atoms with Crippen molar-refractivity contribution in [2.75, 3.05) is 19.5 Å². The van der Waals surface area contributed by atoms with Crippen LogP contribution in [0.1, 0.15) is 19.1 Å². The zero-order valence-corrected chi connectivity index (χ0v) is 9.46. The first kappa shape index (κ1) is 10.3. The Kier molecular flexibility index (Phi) is 2.32. The minimum atomic E-state index is -0.0148. The Balaban J connectivity index is 2.15. The summed E-state index contributed by atoms with van der Waals surface area (Å²) >= 11 is 0. The summed E-state index contributed by atoms with van der Waals surface area (Å²) in [7, 11) is 1.51. The van der Waals surface area contributed by atoms with E-state index in [1.165, 1.54) is 7.11 Å². The zero-order chi connectivity index (χ0) is 11.8. The van der Waals surface area contributed by atoms with E-state index in [9.17, 15) is 0 Å². The van der Waals surface area contributed by atoms with Gasteiger partial charge in [-0.05, 0) is 12.8 Å². The zero-order valence-electron chi connectivity index (χ0n) is 9.46. The summed E-state index contributed by atoms with van der Waals surface area (Å²) in [5.74, 6) is 0.323. The topological polar surface area (TPSA) is 88.1 Å². The number of rotatable bonds is 2. The van der Waals surface area contributed by atoms with Crippen LogP contribution in [-0.4, -0.2) is 33.2 Å². The standard InChI is InChI=1S/C10H13N5O2/c1-16-10-13-8(11)7-9(14-10)15(5-12-7)6-3-2-4-17-6/h5-6H,2-4H2,1H3,(H2,11,13,14)/t6-/m1/s1. The monoisotopic (exact) mass is 235 g/mol. The number of nitrogens with two attached hydrogens (primary N) is 1. The maximum Gasteiger partial charge on any atom is 0.320 e. The number of fused-ring (bicyclic) bond motifs is 1. The van der Waals surface area contributed by atoms with Crippen LogP contribution in [0.4, 0.5) is 5.82 Å². The number of ether oxygens (including phenoxy) is 2. The third kappa shape index (κ3) is 1.59.